The molecule has 1 heterocycles. The smallest absolute Gasteiger partial charge is 0.182 e. The van der Waals surface area contributed by atoms with E-state index in [4.69, 9.17) is 0 Å². The summed E-state index contributed by atoms with van der Waals surface area (Å²) in [6.45, 7) is 0. The van der Waals surface area contributed by atoms with E-state index in [0.717, 1.165) is 16.7 Å². The van der Waals surface area contributed by atoms with Gasteiger partial charge in [0.1, 0.15) is 0 Å². The molecular formula is C19H13N2. The first-order chi connectivity index (χ1) is 10.4. The van der Waals surface area contributed by atoms with Crippen LogP contribution in [0.25, 0.3) is 27.8 Å². The number of hydrogen-bond donors (Lipinski definition) is 0. The van der Waals surface area contributed by atoms with E-state index in [1.165, 1.54) is 11.1 Å². The lowest BCUT2D eigenvalue weighted by atomic mass is 10.0. The third-order valence-corrected chi connectivity index (χ3v) is 3.61. The molecule has 0 fully saturated rings. The van der Waals surface area contributed by atoms with Crippen molar-refractivity contribution in [2.75, 3.05) is 0 Å². The highest BCUT2D eigenvalue weighted by Gasteiger charge is 2.10. The van der Waals surface area contributed by atoms with Crippen molar-refractivity contribution in [2.45, 2.75) is 0 Å². The maximum Gasteiger partial charge on any atom is 0.182 e. The fourth-order valence-electron chi connectivity index (χ4n) is 2.62. The summed E-state index contributed by atoms with van der Waals surface area (Å²) in [5, 5.41) is 0. The number of para-hydroxylation sites is 2. The summed E-state index contributed by atoms with van der Waals surface area (Å²) in [7, 11) is 0. The number of fused-ring (bicyclic) bond motifs is 1. The molecule has 3 aromatic carbocycles. The van der Waals surface area contributed by atoms with Crippen molar-refractivity contribution in [2.24, 2.45) is 0 Å². The molecule has 0 aliphatic carbocycles. The van der Waals surface area contributed by atoms with Crippen LogP contribution in [0, 0.1) is 6.33 Å². The molecule has 0 saturated heterocycles. The van der Waals surface area contributed by atoms with Crippen molar-refractivity contribution in [1.29, 1.82) is 0 Å². The van der Waals surface area contributed by atoms with E-state index in [9.17, 15) is 0 Å². The molecule has 1 aromatic heterocycles. The van der Waals surface area contributed by atoms with Crippen LogP contribution in [0.3, 0.4) is 0 Å². The molecule has 0 aliphatic rings. The van der Waals surface area contributed by atoms with Gasteiger partial charge in [0.15, 0.2) is 6.33 Å². The zero-order chi connectivity index (χ0) is 14.1. The number of hydrogen-bond acceptors (Lipinski definition) is 1. The van der Waals surface area contributed by atoms with Crippen LogP contribution in [0.15, 0.2) is 78.9 Å². The van der Waals surface area contributed by atoms with Gasteiger partial charge in [-0.05, 0) is 23.8 Å². The van der Waals surface area contributed by atoms with Crippen LogP contribution in [-0.2, 0) is 0 Å². The molecule has 2 heteroatoms. The molecule has 0 saturated carbocycles. The third kappa shape index (κ3) is 2.01. The lowest BCUT2D eigenvalue weighted by Crippen LogP contribution is -1.93. The van der Waals surface area contributed by atoms with Gasteiger partial charge in [-0.25, -0.2) is 4.98 Å². The third-order valence-electron chi connectivity index (χ3n) is 3.61. The summed E-state index contributed by atoms with van der Waals surface area (Å²) in [5.74, 6) is 0. The van der Waals surface area contributed by atoms with Gasteiger partial charge in [0.05, 0.1) is 11.0 Å². The van der Waals surface area contributed by atoms with Crippen molar-refractivity contribution in [3.8, 4) is 16.8 Å². The first-order valence-electron chi connectivity index (χ1n) is 6.93. The minimum Gasteiger partial charge on any atom is -0.289 e. The summed E-state index contributed by atoms with van der Waals surface area (Å²) in [6.07, 6.45) is 3.11. The van der Waals surface area contributed by atoms with Crippen LogP contribution in [0.4, 0.5) is 0 Å². The minimum absolute atomic E-state index is 0.959. The first kappa shape index (κ1) is 11.9. The van der Waals surface area contributed by atoms with Gasteiger partial charge in [0.25, 0.3) is 0 Å². The molecule has 0 spiro atoms. The number of imidazole rings is 1. The Hall–Kier alpha value is -2.87. The van der Waals surface area contributed by atoms with Gasteiger partial charge in [0.2, 0.25) is 0 Å². The lowest BCUT2D eigenvalue weighted by Gasteiger charge is -2.08. The van der Waals surface area contributed by atoms with Crippen LogP contribution in [0.5, 0.6) is 0 Å². The highest BCUT2D eigenvalue weighted by molar-refractivity contribution is 5.93. The monoisotopic (exact) mass is 269 g/mol. The van der Waals surface area contributed by atoms with Crippen molar-refractivity contribution >= 4 is 11.0 Å². The van der Waals surface area contributed by atoms with E-state index >= 15 is 0 Å². The highest BCUT2D eigenvalue weighted by atomic mass is 15.0. The second kappa shape index (κ2) is 4.91. The normalized spacial score (nSPS) is 10.9. The average Bonchev–Trinajstić information content (AvgIpc) is 3.00. The van der Waals surface area contributed by atoms with Crippen molar-refractivity contribution in [3.05, 3.63) is 85.2 Å². The Kier molecular flexibility index (Phi) is 2.79. The van der Waals surface area contributed by atoms with E-state index in [1.807, 2.05) is 41.0 Å². The van der Waals surface area contributed by atoms with E-state index in [0.29, 0.717) is 0 Å². The molecule has 0 atom stereocenters. The molecule has 21 heavy (non-hydrogen) atoms. The molecule has 4 aromatic rings. The second-order valence-electron chi connectivity index (χ2n) is 4.92. The van der Waals surface area contributed by atoms with Crippen molar-refractivity contribution < 1.29 is 0 Å². The molecule has 1 radical (unpaired) electrons. The van der Waals surface area contributed by atoms with Gasteiger partial charge in [-0.3, -0.25) is 4.57 Å². The Morgan fingerprint density at radius 2 is 1.43 bits per heavy atom. The average molecular weight is 269 g/mol. The molecule has 0 amide bonds. The maximum atomic E-state index is 4.42. The van der Waals surface area contributed by atoms with Gasteiger partial charge in [-0.15, -0.1) is 0 Å². The molecular weight excluding hydrogens is 256 g/mol. The van der Waals surface area contributed by atoms with Crippen LogP contribution in [0.1, 0.15) is 0 Å². The Morgan fingerprint density at radius 1 is 0.714 bits per heavy atom. The van der Waals surface area contributed by atoms with Gasteiger partial charge in [-0.1, -0.05) is 60.7 Å². The maximum absolute atomic E-state index is 4.42. The summed E-state index contributed by atoms with van der Waals surface area (Å²) in [4.78, 5) is 4.42. The zero-order valence-corrected chi connectivity index (χ0v) is 11.4. The van der Waals surface area contributed by atoms with Gasteiger partial charge in [0, 0.05) is 11.3 Å². The number of rotatable bonds is 2. The van der Waals surface area contributed by atoms with E-state index in [1.54, 1.807) is 0 Å². The number of benzene rings is 3. The van der Waals surface area contributed by atoms with Gasteiger partial charge >= 0.3 is 0 Å². The SMILES string of the molecule is [c]1nc2cccc(-c3ccccc3)c2n1-c1ccccc1. The van der Waals surface area contributed by atoms with Crippen LogP contribution < -0.4 is 0 Å². The predicted molar refractivity (Wildman–Crippen MR) is 85.3 cm³/mol. The standard InChI is InChI=1S/C19H13N2/c1-3-8-15(9-4-1)17-12-7-13-18-19(17)21(14-20-18)16-10-5-2-6-11-16/h1-13H. The zero-order valence-electron chi connectivity index (χ0n) is 11.4. The molecule has 99 valence electrons. The summed E-state index contributed by atoms with van der Waals surface area (Å²) in [5.41, 5.74) is 5.48. The van der Waals surface area contributed by atoms with Crippen LogP contribution >= 0.6 is 0 Å². The summed E-state index contributed by atoms with van der Waals surface area (Å²) in [6, 6.07) is 26.8. The summed E-state index contributed by atoms with van der Waals surface area (Å²) < 4.78 is 2.03. The topological polar surface area (TPSA) is 17.8 Å². The number of aromatic nitrogens is 2. The Balaban J connectivity index is 2.03. The summed E-state index contributed by atoms with van der Waals surface area (Å²) >= 11 is 0. The van der Waals surface area contributed by atoms with Crippen LogP contribution in [0.2, 0.25) is 0 Å². The van der Waals surface area contributed by atoms with Crippen molar-refractivity contribution in [1.82, 2.24) is 9.55 Å². The Bertz CT molecular complexity index is 877. The molecule has 0 N–H and O–H groups in total. The fraction of sp³-hybridized carbons (Fsp3) is 0. The van der Waals surface area contributed by atoms with Crippen molar-refractivity contribution in [3.63, 3.8) is 0 Å². The Labute approximate surface area is 123 Å². The lowest BCUT2D eigenvalue weighted by molar-refractivity contribution is 1.08. The quantitative estimate of drug-likeness (QED) is 0.524. The van der Waals surface area contributed by atoms with Gasteiger partial charge in [-0.2, -0.15) is 0 Å². The highest BCUT2D eigenvalue weighted by Crippen LogP contribution is 2.29. The molecule has 0 unspecified atom stereocenters. The van der Waals surface area contributed by atoms with E-state index < -0.39 is 0 Å². The Morgan fingerprint density at radius 3 is 2.19 bits per heavy atom. The minimum atomic E-state index is 0.959. The second-order valence-corrected chi connectivity index (χ2v) is 4.92. The van der Waals surface area contributed by atoms with Crippen LogP contribution in [-0.4, -0.2) is 9.55 Å². The largest absolute Gasteiger partial charge is 0.289 e. The fourth-order valence-corrected chi connectivity index (χ4v) is 2.62. The van der Waals surface area contributed by atoms with E-state index in [2.05, 4.69) is 53.8 Å². The molecule has 4 rings (SSSR count). The molecule has 0 aliphatic heterocycles. The molecule has 2 nitrogen and oxygen atoms in total. The number of nitrogens with zero attached hydrogens (tertiary/aromatic N) is 2. The predicted octanol–water partition coefficient (Wildman–Crippen LogP) is 4.49. The van der Waals surface area contributed by atoms with E-state index in [-0.39, 0.29) is 0 Å². The molecule has 0 bridgehead atoms. The first-order valence-corrected chi connectivity index (χ1v) is 6.93. The van der Waals surface area contributed by atoms with Gasteiger partial charge < -0.3 is 0 Å².